The molecule has 1 heterocycles. The quantitative estimate of drug-likeness (QED) is 0.891. The molecule has 0 amide bonds. The van der Waals surface area contributed by atoms with Gasteiger partial charge in [0.25, 0.3) is 0 Å². The van der Waals surface area contributed by atoms with E-state index in [-0.39, 0.29) is 0 Å². The number of aryl methyl sites for hydroxylation is 1. The van der Waals surface area contributed by atoms with E-state index in [9.17, 15) is 0 Å². The fourth-order valence-corrected chi connectivity index (χ4v) is 3.45. The number of hydrogen-bond acceptors (Lipinski definition) is 4. The van der Waals surface area contributed by atoms with Crippen LogP contribution in [-0.2, 0) is 6.54 Å². The van der Waals surface area contributed by atoms with Crippen LogP contribution >= 0.6 is 11.3 Å². The van der Waals surface area contributed by atoms with Crippen LogP contribution in [0.4, 0.5) is 10.7 Å². The van der Waals surface area contributed by atoms with Crippen molar-refractivity contribution in [3.05, 3.63) is 45.8 Å². The summed E-state index contributed by atoms with van der Waals surface area (Å²) in [5.74, 6) is 0.549. The van der Waals surface area contributed by atoms with Crippen LogP contribution in [0.25, 0.3) is 0 Å². The standard InChI is InChI=1S/C16H17N3S/c1-10-3-2-4-11(7-10)9-19-16-14(12-5-6-12)15(18)13(8-17)20-16/h2-4,7,12,19H,5-6,9,18H2,1H3. The predicted molar refractivity (Wildman–Crippen MR) is 83.9 cm³/mol. The van der Waals surface area contributed by atoms with Gasteiger partial charge in [-0.1, -0.05) is 29.8 Å². The molecule has 1 saturated carbocycles. The molecule has 1 aromatic carbocycles. The first kappa shape index (κ1) is 13.0. The maximum absolute atomic E-state index is 9.13. The molecule has 2 aromatic rings. The molecule has 0 aliphatic heterocycles. The van der Waals surface area contributed by atoms with Crippen LogP contribution in [0.3, 0.4) is 0 Å². The highest BCUT2D eigenvalue weighted by molar-refractivity contribution is 7.17. The molecule has 102 valence electrons. The largest absolute Gasteiger partial charge is 0.397 e. The van der Waals surface area contributed by atoms with Crippen molar-refractivity contribution in [1.29, 1.82) is 5.26 Å². The number of hydrogen-bond donors (Lipinski definition) is 2. The molecule has 0 spiro atoms. The molecule has 3 N–H and O–H groups in total. The average Bonchev–Trinajstić information content (AvgIpc) is 3.21. The van der Waals surface area contributed by atoms with E-state index < -0.39 is 0 Å². The Labute approximate surface area is 123 Å². The summed E-state index contributed by atoms with van der Waals surface area (Å²) in [6.07, 6.45) is 2.37. The van der Waals surface area contributed by atoms with Gasteiger partial charge in [0.1, 0.15) is 10.9 Å². The molecule has 1 aliphatic carbocycles. The molecule has 3 rings (SSSR count). The molecule has 0 atom stereocenters. The lowest BCUT2D eigenvalue weighted by molar-refractivity contribution is 1.10. The second-order valence-electron chi connectivity index (χ2n) is 5.32. The van der Waals surface area contributed by atoms with Gasteiger partial charge in [0.15, 0.2) is 0 Å². The number of nitrogen functional groups attached to an aromatic ring is 1. The summed E-state index contributed by atoms with van der Waals surface area (Å²) in [4.78, 5) is 0.638. The second kappa shape index (κ2) is 5.18. The second-order valence-corrected chi connectivity index (χ2v) is 6.34. The Bertz CT molecular complexity index is 678. The van der Waals surface area contributed by atoms with Gasteiger partial charge in [-0.15, -0.1) is 11.3 Å². The predicted octanol–water partition coefficient (Wildman–Crippen LogP) is 4.00. The van der Waals surface area contributed by atoms with Crippen molar-refractivity contribution in [3.8, 4) is 6.07 Å². The van der Waals surface area contributed by atoms with Crippen molar-refractivity contribution >= 4 is 22.0 Å². The van der Waals surface area contributed by atoms with Gasteiger partial charge in [0, 0.05) is 12.1 Å². The van der Waals surface area contributed by atoms with Crippen molar-refractivity contribution < 1.29 is 0 Å². The van der Waals surface area contributed by atoms with Crippen LogP contribution in [0.1, 0.15) is 40.3 Å². The van der Waals surface area contributed by atoms with E-state index in [2.05, 4.69) is 42.6 Å². The molecule has 3 nitrogen and oxygen atoms in total. The lowest BCUT2D eigenvalue weighted by Crippen LogP contribution is -2.00. The minimum atomic E-state index is 0.549. The third kappa shape index (κ3) is 2.50. The Hall–Kier alpha value is -1.99. The third-order valence-electron chi connectivity index (χ3n) is 3.61. The van der Waals surface area contributed by atoms with Gasteiger partial charge in [-0.3, -0.25) is 0 Å². The van der Waals surface area contributed by atoms with Crippen LogP contribution in [0.2, 0.25) is 0 Å². The minimum absolute atomic E-state index is 0.549. The maximum Gasteiger partial charge on any atom is 0.130 e. The topological polar surface area (TPSA) is 61.8 Å². The Morgan fingerprint density at radius 1 is 1.45 bits per heavy atom. The van der Waals surface area contributed by atoms with Gasteiger partial charge in [0.05, 0.1) is 10.7 Å². The van der Waals surface area contributed by atoms with Crippen LogP contribution in [-0.4, -0.2) is 0 Å². The zero-order valence-corrected chi connectivity index (χ0v) is 12.3. The highest BCUT2D eigenvalue weighted by atomic mass is 32.1. The van der Waals surface area contributed by atoms with Crippen molar-refractivity contribution in [1.82, 2.24) is 0 Å². The molecular formula is C16H17N3S. The number of nitriles is 1. The van der Waals surface area contributed by atoms with Gasteiger partial charge in [-0.2, -0.15) is 5.26 Å². The molecular weight excluding hydrogens is 266 g/mol. The number of rotatable bonds is 4. The first-order valence-electron chi connectivity index (χ1n) is 6.80. The molecule has 0 radical (unpaired) electrons. The molecule has 0 saturated heterocycles. The molecule has 20 heavy (non-hydrogen) atoms. The number of anilines is 2. The maximum atomic E-state index is 9.13. The molecule has 1 fully saturated rings. The van der Waals surface area contributed by atoms with E-state index in [1.54, 1.807) is 0 Å². The van der Waals surface area contributed by atoms with Crippen LogP contribution in [0.15, 0.2) is 24.3 Å². The highest BCUT2D eigenvalue weighted by Gasteiger charge is 2.31. The zero-order chi connectivity index (χ0) is 14.1. The van der Waals surface area contributed by atoms with Crippen molar-refractivity contribution in [2.24, 2.45) is 0 Å². The number of thiophene rings is 1. The average molecular weight is 283 g/mol. The summed E-state index contributed by atoms with van der Waals surface area (Å²) in [6, 6.07) is 10.6. The number of nitrogens with two attached hydrogens (primary N) is 1. The van der Waals surface area contributed by atoms with E-state index >= 15 is 0 Å². The highest BCUT2D eigenvalue weighted by Crippen LogP contribution is 2.50. The first-order valence-corrected chi connectivity index (χ1v) is 7.62. The minimum Gasteiger partial charge on any atom is -0.397 e. The summed E-state index contributed by atoms with van der Waals surface area (Å²) in [6.45, 7) is 2.86. The van der Waals surface area contributed by atoms with Crippen LogP contribution in [0.5, 0.6) is 0 Å². The third-order valence-corrected chi connectivity index (χ3v) is 4.69. The summed E-state index contributed by atoms with van der Waals surface area (Å²) in [5, 5.41) is 13.7. The van der Waals surface area contributed by atoms with Crippen LogP contribution in [0, 0.1) is 18.3 Å². The summed E-state index contributed by atoms with van der Waals surface area (Å²) in [7, 11) is 0. The normalized spacial score (nSPS) is 14.0. The fourth-order valence-electron chi connectivity index (χ4n) is 2.45. The van der Waals surface area contributed by atoms with Crippen molar-refractivity contribution in [2.75, 3.05) is 11.1 Å². The van der Waals surface area contributed by atoms with E-state index in [1.165, 1.54) is 40.9 Å². The summed E-state index contributed by atoms with van der Waals surface area (Å²) >= 11 is 1.48. The lowest BCUT2D eigenvalue weighted by atomic mass is 10.1. The van der Waals surface area contributed by atoms with Gasteiger partial charge in [-0.25, -0.2) is 0 Å². The Morgan fingerprint density at radius 2 is 2.25 bits per heavy atom. The zero-order valence-electron chi connectivity index (χ0n) is 11.4. The lowest BCUT2D eigenvalue weighted by Gasteiger charge is -2.08. The number of benzene rings is 1. The SMILES string of the molecule is Cc1cccc(CNc2sc(C#N)c(N)c2C2CC2)c1. The molecule has 0 unspecified atom stereocenters. The summed E-state index contributed by atoms with van der Waals surface area (Å²) < 4.78 is 0. The number of nitrogens with one attached hydrogen (secondary N) is 1. The Morgan fingerprint density at radius 3 is 2.90 bits per heavy atom. The fraction of sp³-hybridized carbons (Fsp3) is 0.312. The first-order chi connectivity index (χ1) is 9.69. The van der Waals surface area contributed by atoms with E-state index in [0.717, 1.165) is 11.5 Å². The van der Waals surface area contributed by atoms with E-state index in [0.29, 0.717) is 16.5 Å². The molecule has 1 aliphatic rings. The van der Waals surface area contributed by atoms with Crippen molar-refractivity contribution in [2.45, 2.75) is 32.2 Å². The smallest absolute Gasteiger partial charge is 0.130 e. The van der Waals surface area contributed by atoms with E-state index in [4.69, 9.17) is 11.0 Å². The Kier molecular flexibility index (Phi) is 3.37. The Balaban J connectivity index is 1.82. The molecule has 0 bridgehead atoms. The summed E-state index contributed by atoms with van der Waals surface area (Å²) in [5.41, 5.74) is 10.5. The van der Waals surface area contributed by atoms with Gasteiger partial charge in [0.2, 0.25) is 0 Å². The molecule has 4 heteroatoms. The van der Waals surface area contributed by atoms with Gasteiger partial charge in [-0.05, 0) is 31.2 Å². The van der Waals surface area contributed by atoms with E-state index in [1.807, 2.05) is 0 Å². The van der Waals surface area contributed by atoms with Crippen molar-refractivity contribution in [3.63, 3.8) is 0 Å². The van der Waals surface area contributed by atoms with Crippen LogP contribution < -0.4 is 11.1 Å². The van der Waals surface area contributed by atoms with Gasteiger partial charge < -0.3 is 11.1 Å². The molecule has 1 aromatic heterocycles. The van der Waals surface area contributed by atoms with Gasteiger partial charge >= 0.3 is 0 Å². The monoisotopic (exact) mass is 283 g/mol. The number of nitrogens with zero attached hydrogens (tertiary/aromatic N) is 1.